The Morgan fingerprint density at radius 1 is 0.350 bits per heavy atom. The van der Waals surface area contributed by atoms with Gasteiger partial charge in [-0.05, 0) is 18.2 Å². The number of halogens is 3. The molecule has 212 valence electrons. The van der Waals surface area contributed by atoms with Crippen LogP contribution in [0.4, 0.5) is 0 Å². The fraction of sp³-hybridized carbons (Fsp3) is 0.143. The summed E-state index contributed by atoms with van der Waals surface area (Å²) in [7, 11) is 0. The zero-order chi connectivity index (χ0) is 22.7. The van der Waals surface area contributed by atoms with E-state index in [1.165, 1.54) is 0 Å². The van der Waals surface area contributed by atoms with Gasteiger partial charge in [-0.2, -0.15) is 0 Å². The molecule has 0 amide bonds. The normalized spacial score (nSPS) is 7.80. The maximum absolute atomic E-state index is 8.68. The van der Waals surface area contributed by atoms with E-state index < -0.39 is 18.9 Å². The Balaban J connectivity index is -0.0000000375. The van der Waals surface area contributed by atoms with E-state index in [4.69, 9.17) is 65.4 Å². The van der Waals surface area contributed by atoms with Crippen molar-refractivity contribution in [2.75, 3.05) is 0 Å². The van der Waals surface area contributed by atoms with Crippen molar-refractivity contribution in [2.45, 2.75) is 18.9 Å². The van der Waals surface area contributed by atoms with E-state index >= 15 is 0 Å². The van der Waals surface area contributed by atoms with E-state index in [1.807, 2.05) is 0 Å². The van der Waals surface area contributed by atoms with Crippen LogP contribution >= 0.6 is 34.8 Å². The standard InChI is InChI=1S/3C7H7ClO2.5H2O.5Zn/c3*8-6-4-2-1-3-5(6)7(9)10;;;;;;;;;;/h3*1-4,7,9-10H;5*1H2;;;;;. The summed E-state index contributed by atoms with van der Waals surface area (Å²) < 4.78 is 0. The molecule has 3 rings (SSSR count). The van der Waals surface area contributed by atoms with Gasteiger partial charge in [0.15, 0.2) is 18.9 Å². The van der Waals surface area contributed by atoms with Gasteiger partial charge in [0, 0.05) is 129 Å². The van der Waals surface area contributed by atoms with E-state index in [2.05, 4.69) is 0 Å². The molecule has 3 aromatic carbocycles. The topological polar surface area (TPSA) is 279 Å². The second kappa shape index (κ2) is 38.2. The maximum Gasteiger partial charge on any atom is 0.179 e. The molecular weight excluding hydrogens is 862 g/mol. The van der Waals surface area contributed by atoms with Gasteiger partial charge in [0.05, 0.1) is 0 Å². The molecule has 0 bridgehead atoms. The fourth-order valence-corrected chi connectivity index (χ4v) is 2.75. The molecule has 0 saturated carbocycles. The van der Waals surface area contributed by atoms with Crippen molar-refractivity contribution < 1.29 is 155 Å². The molecule has 0 radical (unpaired) electrons. The Labute approximate surface area is 310 Å². The second-order valence-corrected chi connectivity index (χ2v) is 6.91. The summed E-state index contributed by atoms with van der Waals surface area (Å²) >= 11 is 16.8. The first-order valence-corrected chi connectivity index (χ1v) is 9.60. The number of hydrogen-bond donors (Lipinski definition) is 6. The van der Waals surface area contributed by atoms with Gasteiger partial charge in [-0.1, -0.05) is 89.4 Å². The Kier molecular flexibility index (Phi) is 65.4. The first kappa shape index (κ1) is 68.4. The summed E-state index contributed by atoms with van der Waals surface area (Å²) in [6, 6.07) is 19.8. The predicted molar refractivity (Wildman–Crippen MR) is 134 cm³/mol. The van der Waals surface area contributed by atoms with Crippen molar-refractivity contribution in [3.63, 3.8) is 0 Å². The summed E-state index contributed by atoms with van der Waals surface area (Å²) in [6.07, 6.45) is -4.43. The van der Waals surface area contributed by atoms with E-state index in [-0.39, 0.29) is 125 Å². The van der Waals surface area contributed by atoms with E-state index in [1.54, 1.807) is 72.8 Å². The van der Waals surface area contributed by atoms with Crippen LogP contribution < -0.4 is 0 Å². The summed E-state index contributed by atoms with van der Waals surface area (Å²) in [5.74, 6) is 0. The minimum atomic E-state index is -1.48. The maximum atomic E-state index is 8.68. The van der Waals surface area contributed by atoms with Crippen LogP contribution in [-0.2, 0) is 97.4 Å². The van der Waals surface area contributed by atoms with Gasteiger partial charge in [0.1, 0.15) is 0 Å². The number of rotatable bonds is 3. The molecule has 19 heteroatoms. The fourth-order valence-electron chi connectivity index (χ4n) is 2.05. The Morgan fingerprint density at radius 2 is 0.500 bits per heavy atom. The molecule has 16 N–H and O–H groups in total. The minimum absolute atomic E-state index is 0. The third-order valence-electron chi connectivity index (χ3n) is 3.55. The second-order valence-electron chi connectivity index (χ2n) is 5.69. The van der Waals surface area contributed by atoms with Gasteiger partial charge >= 0.3 is 0 Å². The van der Waals surface area contributed by atoms with Crippen molar-refractivity contribution in [3.05, 3.63) is 105 Å². The van der Waals surface area contributed by atoms with Gasteiger partial charge in [-0.3, -0.25) is 0 Å². The first-order valence-electron chi connectivity index (χ1n) is 8.46. The first-order chi connectivity index (χ1) is 14.1. The molecule has 11 nitrogen and oxygen atoms in total. The molecule has 0 aliphatic carbocycles. The van der Waals surface area contributed by atoms with Crippen molar-refractivity contribution >= 4 is 34.8 Å². The van der Waals surface area contributed by atoms with Crippen LogP contribution in [0, 0.1) is 0 Å². The molecule has 0 saturated heterocycles. The number of benzene rings is 3. The minimum Gasteiger partial charge on any atom is -0.412 e. The van der Waals surface area contributed by atoms with E-state index in [0.29, 0.717) is 31.8 Å². The number of aliphatic hydroxyl groups is 6. The molecule has 0 aromatic heterocycles. The van der Waals surface area contributed by atoms with Gasteiger partial charge in [0.2, 0.25) is 0 Å². The van der Waals surface area contributed by atoms with Gasteiger partial charge in [-0.15, -0.1) is 0 Å². The third kappa shape index (κ3) is 26.8. The zero-order valence-electron chi connectivity index (χ0n) is 21.5. The molecule has 0 heterocycles. The average molecular weight is 893 g/mol. The summed E-state index contributed by atoms with van der Waals surface area (Å²) in [5.41, 5.74) is 1.01. The molecule has 0 aliphatic rings. The van der Waals surface area contributed by atoms with Crippen LogP contribution in [-0.4, -0.2) is 58.0 Å². The summed E-state index contributed by atoms with van der Waals surface area (Å²) in [4.78, 5) is 0. The SMILES string of the molecule is O.O.O.O.O.OC(O)c1ccccc1Cl.OC(O)c1ccccc1Cl.OC(O)c1ccccc1Cl.[Zn].[Zn].[Zn].[Zn].[Zn]. The number of hydrogen-bond acceptors (Lipinski definition) is 6. The molecule has 0 atom stereocenters. The third-order valence-corrected chi connectivity index (χ3v) is 4.58. The van der Waals surface area contributed by atoms with Crippen molar-refractivity contribution in [1.29, 1.82) is 0 Å². The van der Waals surface area contributed by atoms with Crippen molar-refractivity contribution in [2.24, 2.45) is 0 Å². The smallest absolute Gasteiger partial charge is 0.179 e. The van der Waals surface area contributed by atoms with E-state index in [0.717, 1.165) is 0 Å². The molecule has 0 fully saturated rings. The summed E-state index contributed by atoms with van der Waals surface area (Å²) in [5, 5.41) is 53.2. The van der Waals surface area contributed by atoms with Gasteiger partial charge < -0.3 is 58.0 Å². The van der Waals surface area contributed by atoms with Crippen LogP contribution in [0.15, 0.2) is 72.8 Å². The van der Waals surface area contributed by atoms with Gasteiger partial charge in [0.25, 0.3) is 0 Å². The molecule has 0 aliphatic heterocycles. The quantitative estimate of drug-likeness (QED) is 0.153. The van der Waals surface area contributed by atoms with Crippen LogP contribution in [0.3, 0.4) is 0 Å². The Morgan fingerprint density at radius 3 is 0.600 bits per heavy atom. The molecule has 40 heavy (non-hydrogen) atoms. The monoisotopic (exact) mass is 884 g/mol. The van der Waals surface area contributed by atoms with Gasteiger partial charge in [-0.25, -0.2) is 0 Å². The van der Waals surface area contributed by atoms with Crippen LogP contribution in [0.1, 0.15) is 35.6 Å². The average Bonchev–Trinajstić information content (AvgIpc) is 2.69. The van der Waals surface area contributed by atoms with Crippen LogP contribution in [0.5, 0.6) is 0 Å². The zero-order valence-corrected chi connectivity index (χ0v) is 38.6. The van der Waals surface area contributed by atoms with Crippen molar-refractivity contribution in [1.82, 2.24) is 0 Å². The molecular formula is C21H31Cl3O11Zn5. The largest absolute Gasteiger partial charge is 0.412 e. The predicted octanol–water partition coefficient (Wildman–Crippen LogP) is -0.166. The van der Waals surface area contributed by atoms with Crippen molar-refractivity contribution in [3.8, 4) is 0 Å². The van der Waals surface area contributed by atoms with Crippen LogP contribution in [0.25, 0.3) is 0 Å². The molecule has 0 unspecified atom stereocenters. The summed E-state index contributed by atoms with van der Waals surface area (Å²) in [6.45, 7) is 0. The van der Waals surface area contributed by atoms with E-state index in [9.17, 15) is 0 Å². The Bertz CT molecular complexity index is 817. The molecule has 3 aromatic rings. The molecule has 0 spiro atoms. The number of aliphatic hydroxyl groups excluding tert-OH is 3. The van der Waals surface area contributed by atoms with Crippen LogP contribution in [0.2, 0.25) is 15.1 Å². The Hall–Kier alpha value is 1.21.